The van der Waals surface area contributed by atoms with Gasteiger partial charge in [-0.25, -0.2) is 0 Å². The molecule has 0 aliphatic carbocycles. The summed E-state index contributed by atoms with van der Waals surface area (Å²) >= 11 is 7.74. The Labute approximate surface area is 167 Å². The maximum Gasteiger partial charge on any atom is 0.167 e. The van der Waals surface area contributed by atoms with Gasteiger partial charge in [0.15, 0.2) is 13.7 Å². The second-order valence-electron chi connectivity index (χ2n) is 6.58. The molecule has 0 saturated heterocycles. The third kappa shape index (κ3) is 3.05. The monoisotopic (exact) mass is 394 g/mol. The maximum absolute atomic E-state index is 11.7. The second-order valence-corrected chi connectivity index (χ2v) is 8.21. The minimum atomic E-state index is -0.492. The largest absolute Gasteiger partial charge is 0.313 e. The molecule has 1 aliphatic rings. The summed E-state index contributed by atoms with van der Waals surface area (Å²) in [6.45, 7) is 6.08. The van der Waals surface area contributed by atoms with E-state index in [2.05, 4.69) is 24.0 Å². The van der Waals surface area contributed by atoms with Crippen molar-refractivity contribution in [1.29, 1.82) is 0 Å². The van der Waals surface area contributed by atoms with Gasteiger partial charge in [-0.15, -0.1) is 21.5 Å². The molecule has 8 heteroatoms. The van der Waals surface area contributed by atoms with Crippen molar-refractivity contribution >= 4 is 42.2 Å². The molecule has 0 unspecified atom stereocenters. The number of hydrogen-bond donors (Lipinski definition) is 0. The van der Waals surface area contributed by atoms with Crippen molar-refractivity contribution in [2.24, 2.45) is 4.99 Å². The number of thiophene rings is 1. The fraction of sp³-hybridized carbons (Fsp3) is 0.263. The number of nitrogens with zero attached hydrogens (tertiary/aromatic N) is 4. The lowest BCUT2D eigenvalue weighted by molar-refractivity contribution is -0.112. The average Bonchev–Trinajstić information content (AvgIpc) is 3.08. The molecule has 4 rings (SSSR count). The predicted molar refractivity (Wildman–Crippen MR) is 109 cm³/mol. The van der Waals surface area contributed by atoms with Gasteiger partial charge in [-0.05, 0) is 38.5 Å². The van der Waals surface area contributed by atoms with Crippen LogP contribution in [0.3, 0.4) is 0 Å². The zero-order chi connectivity index (χ0) is 19.3. The molecule has 0 bridgehead atoms. The summed E-state index contributed by atoms with van der Waals surface area (Å²) < 4.78 is 2.00. The van der Waals surface area contributed by atoms with Gasteiger partial charge >= 0.3 is 0 Å². The fourth-order valence-electron chi connectivity index (χ4n) is 3.32. The first-order chi connectivity index (χ1) is 12.9. The number of fused-ring (bicyclic) bond motifs is 3. The number of hydrogen-bond acceptors (Lipinski definition) is 5. The van der Waals surface area contributed by atoms with E-state index < -0.39 is 11.7 Å². The van der Waals surface area contributed by atoms with E-state index in [1.54, 1.807) is 11.3 Å². The van der Waals surface area contributed by atoms with Crippen LogP contribution in [0, 0.1) is 20.8 Å². The smallest absolute Gasteiger partial charge is 0.167 e. The summed E-state index contributed by atoms with van der Waals surface area (Å²) in [5.74, 6) is 1.40. The molecule has 0 spiro atoms. The molecule has 0 amide bonds. The Morgan fingerprint density at radius 1 is 1.22 bits per heavy atom. The van der Waals surface area contributed by atoms with Crippen molar-refractivity contribution in [3.8, 4) is 5.00 Å². The molecule has 27 heavy (non-hydrogen) atoms. The molecule has 134 valence electrons. The van der Waals surface area contributed by atoms with E-state index in [1.807, 2.05) is 35.8 Å². The first-order valence-corrected chi connectivity index (χ1v) is 9.71. The van der Waals surface area contributed by atoms with E-state index in [-0.39, 0.29) is 6.42 Å². The molecule has 3 heterocycles. The van der Waals surface area contributed by atoms with Crippen LogP contribution >= 0.6 is 22.9 Å². The molecule has 1 aliphatic heterocycles. The average molecular weight is 395 g/mol. The highest BCUT2D eigenvalue weighted by molar-refractivity contribution is 7.15. The van der Waals surface area contributed by atoms with Crippen LogP contribution in [0.25, 0.3) is 5.00 Å². The molecule has 2 radical (unpaired) electrons. The van der Waals surface area contributed by atoms with E-state index >= 15 is 0 Å². The Morgan fingerprint density at radius 2 is 1.93 bits per heavy atom. The van der Waals surface area contributed by atoms with Crippen LogP contribution in [0.15, 0.2) is 29.3 Å². The van der Waals surface area contributed by atoms with Gasteiger partial charge in [0.2, 0.25) is 0 Å². The van der Waals surface area contributed by atoms with Gasteiger partial charge in [-0.2, -0.15) is 0 Å². The molecule has 0 N–H and O–H groups in total. The van der Waals surface area contributed by atoms with E-state index in [0.717, 1.165) is 33.2 Å². The fourth-order valence-corrected chi connectivity index (χ4v) is 4.66. The van der Waals surface area contributed by atoms with E-state index in [4.69, 9.17) is 24.4 Å². The van der Waals surface area contributed by atoms with Crippen LogP contribution in [0.1, 0.15) is 45.7 Å². The van der Waals surface area contributed by atoms with Gasteiger partial charge in [-0.1, -0.05) is 23.7 Å². The second kappa shape index (κ2) is 6.73. The van der Waals surface area contributed by atoms with Crippen LogP contribution in [-0.4, -0.2) is 34.0 Å². The Bertz CT molecular complexity index is 1080. The molecule has 2 aromatic heterocycles. The van der Waals surface area contributed by atoms with Crippen LogP contribution < -0.4 is 0 Å². The number of benzene rings is 1. The van der Waals surface area contributed by atoms with Crippen molar-refractivity contribution < 1.29 is 4.79 Å². The lowest BCUT2D eigenvalue weighted by Gasteiger charge is -2.11. The Hall–Kier alpha value is -2.25. The zero-order valence-corrected chi connectivity index (χ0v) is 16.7. The topological polar surface area (TPSA) is 60.1 Å². The van der Waals surface area contributed by atoms with E-state index in [9.17, 15) is 4.79 Å². The number of rotatable bonds is 3. The summed E-state index contributed by atoms with van der Waals surface area (Å²) in [7, 11) is 5.50. The lowest BCUT2D eigenvalue weighted by Crippen LogP contribution is -2.11. The van der Waals surface area contributed by atoms with Crippen LogP contribution in [0.2, 0.25) is 5.02 Å². The number of halogens is 1. The van der Waals surface area contributed by atoms with Crippen molar-refractivity contribution in [3.05, 3.63) is 62.5 Å². The molecule has 1 atom stereocenters. The minimum Gasteiger partial charge on any atom is -0.313 e. The molecule has 5 nitrogen and oxygen atoms in total. The SMILES string of the molecule is [B]C(=O)C[C@H]1N=C(c2ccc(Cl)cc2)c2c(sc(C)c2C)-n2c(C)nnc21. The van der Waals surface area contributed by atoms with Crippen molar-refractivity contribution in [3.63, 3.8) is 0 Å². The zero-order valence-electron chi connectivity index (χ0n) is 15.2. The highest BCUT2D eigenvalue weighted by Gasteiger charge is 2.31. The predicted octanol–water partition coefficient (Wildman–Crippen LogP) is 3.88. The third-order valence-electron chi connectivity index (χ3n) is 4.75. The van der Waals surface area contributed by atoms with Gasteiger partial charge in [0, 0.05) is 27.4 Å². The summed E-state index contributed by atoms with van der Waals surface area (Å²) in [6, 6.07) is 7.07. The Morgan fingerprint density at radius 3 is 2.59 bits per heavy atom. The van der Waals surface area contributed by atoms with Gasteiger partial charge in [0.05, 0.1) is 11.4 Å². The molecular formula is C19H16BClN4OS. The summed E-state index contributed by atoms with van der Waals surface area (Å²) in [6.07, 6.45) is 0.0716. The Kier molecular flexibility index (Phi) is 4.52. The molecule has 3 aromatic rings. The minimum absolute atomic E-state index is 0.0716. The van der Waals surface area contributed by atoms with Crippen LogP contribution in [0.4, 0.5) is 0 Å². The molecular weight excluding hydrogens is 379 g/mol. The van der Waals surface area contributed by atoms with Gasteiger partial charge < -0.3 is 4.79 Å². The van der Waals surface area contributed by atoms with Crippen LogP contribution in [0.5, 0.6) is 0 Å². The highest BCUT2D eigenvalue weighted by atomic mass is 35.5. The Balaban J connectivity index is 2.04. The summed E-state index contributed by atoms with van der Waals surface area (Å²) in [4.78, 5) is 17.8. The first-order valence-electron chi connectivity index (χ1n) is 8.51. The first kappa shape index (κ1) is 18.1. The van der Waals surface area contributed by atoms with Gasteiger partial charge in [0.1, 0.15) is 16.9 Å². The molecule has 0 saturated carbocycles. The lowest BCUT2D eigenvalue weighted by atomic mass is 9.95. The number of aryl methyl sites for hydroxylation is 2. The van der Waals surface area contributed by atoms with Crippen molar-refractivity contribution in [2.75, 3.05) is 0 Å². The maximum atomic E-state index is 11.7. The summed E-state index contributed by atoms with van der Waals surface area (Å²) in [5.41, 5.74) is 3.52. The molecule has 0 fully saturated rings. The standard InChI is InChI=1S/C19H16BClN4OS/c1-9-10(2)27-19-16(9)17(12-4-6-13(21)7-5-12)22-14(8-15(20)26)18-24-23-11(3)25(18)19/h4-7,14H,8H2,1-3H3/t14-/m1/s1. The number of aromatic nitrogens is 3. The number of carbonyl (C=O) groups is 1. The normalized spacial score (nSPS) is 15.7. The molecule has 1 aromatic carbocycles. The van der Waals surface area contributed by atoms with Crippen LogP contribution in [-0.2, 0) is 4.79 Å². The van der Waals surface area contributed by atoms with E-state index in [0.29, 0.717) is 10.8 Å². The highest BCUT2D eigenvalue weighted by Crippen LogP contribution is 2.39. The quantitative estimate of drug-likeness (QED) is 0.633. The van der Waals surface area contributed by atoms with Crippen molar-refractivity contribution in [1.82, 2.24) is 14.8 Å². The summed E-state index contributed by atoms with van der Waals surface area (Å²) in [5, 5.41) is 10.2. The third-order valence-corrected chi connectivity index (χ3v) is 6.20. The van der Waals surface area contributed by atoms with E-state index in [1.165, 1.54) is 4.88 Å². The van der Waals surface area contributed by atoms with Crippen molar-refractivity contribution in [2.45, 2.75) is 33.2 Å². The number of carbonyl (C=O) groups excluding carboxylic acids is 1. The number of aliphatic imine (C=N–C) groups is 1. The van der Waals surface area contributed by atoms with Gasteiger partial charge in [0.25, 0.3) is 0 Å². The van der Waals surface area contributed by atoms with Gasteiger partial charge in [-0.3, -0.25) is 9.56 Å².